The molecule has 0 unspecified atom stereocenters. The fraction of sp³-hybridized carbons (Fsp3) is 0.450. The number of hydrogen-bond donors (Lipinski definition) is 1. The average molecular weight is 386 g/mol. The van der Waals surface area contributed by atoms with Gasteiger partial charge in [-0.25, -0.2) is 0 Å². The highest BCUT2D eigenvalue weighted by Gasteiger charge is 2.32. The molecule has 2 atom stereocenters. The number of nitrogens with zero attached hydrogens (tertiary/aromatic N) is 3. The molecule has 1 aromatic carbocycles. The highest BCUT2D eigenvalue weighted by molar-refractivity contribution is 5.95. The van der Waals surface area contributed by atoms with Crippen molar-refractivity contribution in [3.8, 4) is 16.9 Å². The lowest BCUT2D eigenvalue weighted by molar-refractivity contribution is -0.131. The van der Waals surface area contributed by atoms with E-state index in [9.17, 15) is 14.0 Å². The summed E-state index contributed by atoms with van der Waals surface area (Å²) >= 11 is 0. The monoisotopic (exact) mass is 386 g/mol. The van der Waals surface area contributed by atoms with Gasteiger partial charge in [0, 0.05) is 35.9 Å². The van der Waals surface area contributed by atoms with E-state index in [4.69, 9.17) is 10.5 Å². The Morgan fingerprint density at radius 1 is 1.32 bits per heavy atom. The largest absolute Gasteiger partial charge is 0.451 e. The number of ether oxygens (including phenoxy) is 1. The van der Waals surface area contributed by atoms with Gasteiger partial charge in [-0.2, -0.15) is 9.49 Å². The van der Waals surface area contributed by atoms with Crippen molar-refractivity contribution in [1.82, 2.24) is 9.78 Å². The Hall–Kier alpha value is -2.90. The number of alkyl halides is 1. The van der Waals surface area contributed by atoms with Crippen molar-refractivity contribution < 1.29 is 18.7 Å². The Morgan fingerprint density at radius 2 is 2.07 bits per heavy atom. The van der Waals surface area contributed by atoms with E-state index in [0.29, 0.717) is 35.7 Å². The molecular weight excluding hydrogens is 363 g/mol. The number of nitrogens with two attached hydrogens (primary N) is 1. The van der Waals surface area contributed by atoms with E-state index in [2.05, 4.69) is 5.10 Å². The maximum Gasteiger partial charge on any atom is 0.316 e. The predicted octanol–water partition coefficient (Wildman–Crippen LogP) is 2.73. The molecule has 2 aliphatic rings. The second kappa shape index (κ2) is 6.92. The Morgan fingerprint density at radius 3 is 2.71 bits per heavy atom. The zero-order chi connectivity index (χ0) is 20.0. The van der Waals surface area contributed by atoms with Gasteiger partial charge in [0.25, 0.3) is 5.91 Å². The second-order valence-electron chi connectivity index (χ2n) is 7.49. The first-order chi connectivity index (χ1) is 13.4. The van der Waals surface area contributed by atoms with Gasteiger partial charge >= 0.3 is 6.36 Å². The number of anilines is 1. The third-order valence-electron chi connectivity index (χ3n) is 5.37. The average Bonchev–Trinajstić information content (AvgIpc) is 3.38. The van der Waals surface area contributed by atoms with E-state index in [1.54, 1.807) is 17.2 Å². The summed E-state index contributed by atoms with van der Waals surface area (Å²) in [5, 5.41) is 4.39. The number of amides is 2. The molecule has 0 radical (unpaired) electrons. The van der Waals surface area contributed by atoms with Gasteiger partial charge in [0.15, 0.2) is 0 Å². The summed E-state index contributed by atoms with van der Waals surface area (Å²) < 4.78 is 21.4. The van der Waals surface area contributed by atoms with Crippen LogP contribution in [0.3, 0.4) is 0 Å². The maximum atomic E-state index is 14.2. The van der Waals surface area contributed by atoms with Crippen molar-refractivity contribution in [2.24, 2.45) is 5.73 Å². The fourth-order valence-electron chi connectivity index (χ4n) is 3.82. The molecule has 2 amide bonds. The predicted molar refractivity (Wildman–Crippen MR) is 102 cm³/mol. The molecule has 0 saturated heterocycles. The van der Waals surface area contributed by atoms with Gasteiger partial charge in [0.2, 0.25) is 5.91 Å². The van der Waals surface area contributed by atoms with E-state index in [1.807, 2.05) is 23.9 Å². The van der Waals surface area contributed by atoms with Crippen LogP contribution in [0.2, 0.25) is 0 Å². The van der Waals surface area contributed by atoms with Gasteiger partial charge < -0.3 is 15.4 Å². The number of hydrogen-bond acceptors (Lipinski definition) is 4. The second-order valence-corrected chi connectivity index (χ2v) is 7.49. The van der Waals surface area contributed by atoms with Crippen LogP contribution in [0.1, 0.15) is 44.7 Å². The molecule has 1 fully saturated rings. The smallest absolute Gasteiger partial charge is 0.316 e. The fourth-order valence-corrected chi connectivity index (χ4v) is 3.82. The van der Waals surface area contributed by atoms with E-state index >= 15 is 0 Å². The van der Waals surface area contributed by atoms with Gasteiger partial charge in [-0.3, -0.25) is 14.3 Å². The van der Waals surface area contributed by atoms with E-state index in [1.165, 1.54) is 6.92 Å². The minimum Gasteiger partial charge on any atom is -0.451 e. The molecule has 1 aliphatic carbocycles. The van der Waals surface area contributed by atoms with Gasteiger partial charge in [-0.1, -0.05) is 0 Å². The number of halogens is 1. The number of benzene rings is 1. The van der Waals surface area contributed by atoms with Crippen molar-refractivity contribution in [3.63, 3.8) is 0 Å². The SMILES string of the molecule is CC(=O)N1c2ccc(-c3cnn(C4CC4)c3)c(O[C@H](F)C(N)=O)c2CC[C@@H]1C. The van der Waals surface area contributed by atoms with Gasteiger partial charge in [-0.15, -0.1) is 0 Å². The number of carbonyl (C=O) groups is 2. The minimum absolute atomic E-state index is 0.0265. The molecule has 28 heavy (non-hydrogen) atoms. The molecule has 8 heteroatoms. The van der Waals surface area contributed by atoms with Crippen molar-refractivity contribution in [1.29, 1.82) is 0 Å². The molecule has 2 N–H and O–H groups in total. The molecule has 2 aromatic rings. The maximum absolute atomic E-state index is 14.2. The van der Waals surface area contributed by atoms with Crippen LogP contribution in [-0.2, 0) is 16.0 Å². The number of fused-ring (bicyclic) bond motifs is 1. The first-order valence-electron chi connectivity index (χ1n) is 9.47. The molecule has 1 aliphatic heterocycles. The standard InChI is InChI=1S/C20H23FN4O3/c1-11-3-6-16-17(25(11)12(2)26)8-7-15(18(16)28-19(21)20(22)27)13-9-23-24(10-13)14-4-5-14/h7-11,14,19H,3-6H2,1-2H3,(H2,22,27)/t11-,19-/m0/s1. The summed E-state index contributed by atoms with van der Waals surface area (Å²) in [5.41, 5.74) is 7.86. The Balaban J connectivity index is 1.83. The van der Waals surface area contributed by atoms with Crippen molar-refractivity contribution in [2.45, 2.75) is 58.0 Å². The zero-order valence-electron chi connectivity index (χ0n) is 15.9. The molecule has 2 heterocycles. The molecular formula is C20H23FN4O3. The highest BCUT2D eigenvalue weighted by atomic mass is 19.1. The third kappa shape index (κ3) is 3.23. The summed E-state index contributed by atoms with van der Waals surface area (Å²) in [6, 6.07) is 4.06. The van der Waals surface area contributed by atoms with Crippen LogP contribution < -0.4 is 15.4 Å². The summed E-state index contributed by atoms with van der Waals surface area (Å²) in [4.78, 5) is 25.1. The first kappa shape index (κ1) is 18.5. The van der Waals surface area contributed by atoms with Crippen LogP contribution in [0.5, 0.6) is 5.75 Å². The van der Waals surface area contributed by atoms with Crippen LogP contribution in [0.15, 0.2) is 24.5 Å². The summed E-state index contributed by atoms with van der Waals surface area (Å²) in [5.74, 6) is -1.04. The van der Waals surface area contributed by atoms with Crippen LogP contribution in [0.4, 0.5) is 10.1 Å². The van der Waals surface area contributed by atoms with Crippen molar-refractivity contribution >= 4 is 17.5 Å². The molecule has 1 saturated carbocycles. The molecule has 1 aromatic heterocycles. The minimum atomic E-state index is -2.27. The number of aromatic nitrogens is 2. The molecule has 4 rings (SSSR count). The van der Waals surface area contributed by atoms with Gasteiger partial charge in [-0.05, 0) is 44.7 Å². The lowest BCUT2D eigenvalue weighted by atomic mass is 9.92. The highest BCUT2D eigenvalue weighted by Crippen LogP contribution is 2.44. The molecule has 148 valence electrons. The first-order valence-corrected chi connectivity index (χ1v) is 9.47. The van der Waals surface area contributed by atoms with Crippen LogP contribution >= 0.6 is 0 Å². The zero-order valence-corrected chi connectivity index (χ0v) is 15.9. The van der Waals surface area contributed by atoms with Crippen LogP contribution in [0, 0.1) is 0 Å². The Bertz CT molecular complexity index is 938. The third-order valence-corrected chi connectivity index (χ3v) is 5.37. The number of carbonyl (C=O) groups excluding carboxylic acids is 2. The van der Waals surface area contributed by atoms with Crippen LogP contribution in [-0.4, -0.2) is 34.0 Å². The quantitative estimate of drug-likeness (QED) is 0.855. The van der Waals surface area contributed by atoms with E-state index in [-0.39, 0.29) is 17.7 Å². The summed E-state index contributed by atoms with van der Waals surface area (Å²) in [7, 11) is 0. The van der Waals surface area contributed by atoms with E-state index in [0.717, 1.165) is 18.4 Å². The van der Waals surface area contributed by atoms with Crippen LogP contribution in [0.25, 0.3) is 11.1 Å². The van der Waals surface area contributed by atoms with Gasteiger partial charge in [0.1, 0.15) is 5.75 Å². The van der Waals surface area contributed by atoms with Crippen molar-refractivity contribution in [2.75, 3.05) is 4.90 Å². The lowest BCUT2D eigenvalue weighted by Gasteiger charge is -2.36. The topological polar surface area (TPSA) is 90.4 Å². The Labute approximate surface area is 162 Å². The lowest BCUT2D eigenvalue weighted by Crippen LogP contribution is -2.41. The summed E-state index contributed by atoms with van der Waals surface area (Å²) in [6.45, 7) is 3.47. The molecule has 0 spiro atoms. The Kier molecular flexibility index (Phi) is 4.56. The summed E-state index contributed by atoms with van der Waals surface area (Å²) in [6.07, 6.45) is 4.83. The number of rotatable bonds is 5. The van der Waals surface area contributed by atoms with Gasteiger partial charge in [0.05, 0.1) is 17.9 Å². The van der Waals surface area contributed by atoms with E-state index < -0.39 is 12.3 Å². The molecule has 0 bridgehead atoms. The molecule has 7 nitrogen and oxygen atoms in total. The number of primary amides is 1. The van der Waals surface area contributed by atoms with Crippen molar-refractivity contribution in [3.05, 3.63) is 30.1 Å². The normalized spacial score (nSPS) is 19.8.